The number of aromatic nitrogens is 1. The lowest BCUT2D eigenvalue weighted by atomic mass is 10.0. The Balaban J connectivity index is 1.81. The molecule has 1 atom stereocenters. The Morgan fingerprint density at radius 3 is 2.54 bits per heavy atom. The van der Waals surface area contributed by atoms with E-state index in [1.54, 1.807) is 60.8 Å². The quantitative estimate of drug-likeness (QED) is 0.369. The van der Waals surface area contributed by atoms with E-state index in [1.165, 1.54) is 18.3 Å². The summed E-state index contributed by atoms with van der Waals surface area (Å²) in [6.07, 6.45) is 2.86. The molecule has 1 aromatic carbocycles. The number of ether oxygens (including phenoxy) is 1. The third-order valence-corrected chi connectivity index (χ3v) is 5.33. The van der Waals surface area contributed by atoms with Crippen molar-refractivity contribution >= 4 is 35.1 Å². The van der Waals surface area contributed by atoms with Gasteiger partial charge in [0, 0.05) is 37.7 Å². The van der Waals surface area contributed by atoms with Gasteiger partial charge in [0.05, 0.1) is 19.4 Å². The van der Waals surface area contributed by atoms with Gasteiger partial charge in [-0.05, 0) is 42.0 Å². The third kappa shape index (κ3) is 7.94. The summed E-state index contributed by atoms with van der Waals surface area (Å²) in [5.41, 5.74) is 0.571. The predicted molar refractivity (Wildman–Crippen MR) is 130 cm³/mol. The van der Waals surface area contributed by atoms with E-state index in [0.29, 0.717) is 28.8 Å². The summed E-state index contributed by atoms with van der Waals surface area (Å²) in [7, 11) is 1.53. The number of hydrogen-bond acceptors (Lipinski definition) is 6. The molecule has 2 heterocycles. The number of amides is 3. The molecule has 0 radical (unpaired) electrons. The first kappa shape index (κ1) is 25.9. The van der Waals surface area contributed by atoms with E-state index in [9.17, 15) is 14.4 Å². The minimum atomic E-state index is -0.972. The molecule has 0 aliphatic heterocycles. The summed E-state index contributed by atoms with van der Waals surface area (Å²) < 4.78 is 10.5. The average molecular weight is 499 g/mol. The maximum absolute atomic E-state index is 13.4. The monoisotopic (exact) mass is 498 g/mol. The Morgan fingerprint density at radius 2 is 1.89 bits per heavy atom. The molecule has 3 rings (SSSR count). The highest BCUT2D eigenvalue weighted by Gasteiger charge is 2.32. The third-order valence-electron chi connectivity index (χ3n) is 5.08. The van der Waals surface area contributed by atoms with Crippen LogP contribution >= 0.6 is 11.6 Å². The van der Waals surface area contributed by atoms with Crippen molar-refractivity contribution in [2.45, 2.75) is 25.4 Å². The van der Waals surface area contributed by atoms with Crippen molar-refractivity contribution in [3.05, 3.63) is 83.4 Å². The first-order valence-corrected chi connectivity index (χ1v) is 11.4. The van der Waals surface area contributed by atoms with Crippen LogP contribution in [0.3, 0.4) is 0 Å². The van der Waals surface area contributed by atoms with Gasteiger partial charge in [0.25, 0.3) is 0 Å². The van der Waals surface area contributed by atoms with Crippen molar-refractivity contribution < 1.29 is 23.5 Å². The van der Waals surface area contributed by atoms with Crippen LogP contribution in [0, 0.1) is 0 Å². The van der Waals surface area contributed by atoms with E-state index in [1.807, 2.05) is 0 Å². The van der Waals surface area contributed by atoms with Gasteiger partial charge >= 0.3 is 0 Å². The fraction of sp³-hybridized carbons (Fsp3) is 0.280. The van der Waals surface area contributed by atoms with Crippen LogP contribution in [-0.4, -0.2) is 47.9 Å². The van der Waals surface area contributed by atoms with Crippen LogP contribution in [0.2, 0.25) is 5.02 Å². The lowest BCUT2D eigenvalue weighted by Gasteiger charge is -2.31. The number of hydrogen-bond donors (Lipinski definition) is 2. The molecular weight excluding hydrogens is 472 g/mol. The fourth-order valence-electron chi connectivity index (χ4n) is 3.39. The SMILES string of the molecule is COCCNC(=O)[C@H](c1ccc(Cl)cc1)N(Cc1ccco1)C(=O)CCC(=O)Nc1ccccn1. The van der Waals surface area contributed by atoms with Gasteiger partial charge in [0.15, 0.2) is 0 Å². The van der Waals surface area contributed by atoms with Crippen LogP contribution in [-0.2, 0) is 25.7 Å². The van der Waals surface area contributed by atoms with Crippen LogP contribution in [0.25, 0.3) is 0 Å². The summed E-state index contributed by atoms with van der Waals surface area (Å²) in [6.45, 7) is 0.631. The Labute approximate surface area is 208 Å². The van der Waals surface area contributed by atoms with Gasteiger partial charge in [-0.15, -0.1) is 0 Å². The number of carbonyl (C=O) groups is 3. The Bertz CT molecular complexity index is 1090. The number of pyridine rings is 1. The lowest BCUT2D eigenvalue weighted by molar-refractivity contribution is -0.142. The van der Waals surface area contributed by atoms with E-state index >= 15 is 0 Å². The van der Waals surface area contributed by atoms with Crippen LogP contribution in [0.5, 0.6) is 0 Å². The highest BCUT2D eigenvalue weighted by atomic mass is 35.5. The molecule has 3 amide bonds. The number of nitrogens with one attached hydrogen (secondary N) is 2. The first-order chi connectivity index (χ1) is 17.0. The number of benzene rings is 1. The maximum Gasteiger partial charge on any atom is 0.247 e. The standard InChI is InChI=1S/C25H27ClN4O5/c1-34-16-14-28-25(33)24(18-7-9-19(26)10-8-18)30(17-20-5-4-15-35-20)23(32)12-11-22(31)29-21-6-2-3-13-27-21/h2-10,13,15,24H,11-12,14,16-17H2,1H3,(H,28,33)(H,27,29,31)/t24-/m0/s1. The predicted octanol–water partition coefficient (Wildman–Crippen LogP) is 3.58. The molecule has 2 aromatic heterocycles. The summed E-state index contributed by atoms with van der Waals surface area (Å²) in [4.78, 5) is 44.5. The molecule has 9 nitrogen and oxygen atoms in total. The van der Waals surface area contributed by atoms with Crippen LogP contribution in [0.15, 0.2) is 71.5 Å². The van der Waals surface area contributed by atoms with E-state index in [2.05, 4.69) is 15.6 Å². The van der Waals surface area contributed by atoms with Crippen molar-refractivity contribution in [1.29, 1.82) is 0 Å². The molecule has 2 N–H and O–H groups in total. The van der Waals surface area contributed by atoms with E-state index < -0.39 is 6.04 Å². The van der Waals surface area contributed by atoms with Crippen molar-refractivity contribution in [1.82, 2.24) is 15.2 Å². The highest BCUT2D eigenvalue weighted by molar-refractivity contribution is 6.30. The molecule has 0 aliphatic rings. The zero-order chi connectivity index (χ0) is 25.0. The largest absolute Gasteiger partial charge is 0.467 e. The summed E-state index contributed by atoms with van der Waals surface area (Å²) in [5, 5.41) is 5.96. The molecule has 0 saturated carbocycles. The maximum atomic E-state index is 13.4. The summed E-state index contributed by atoms with van der Waals surface area (Å²) in [6, 6.07) is 14.3. The topological polar surface area (TPSA) is 114 Å². The minimum absolute atomic E-state index is 0.0404. The molecule has 35 heavy (non-hydrogen) atoms. The molecule has 10 heteroatoms. The molecular formula is C25H27ClN4O5. The molecule has 184 valence electrons. The number of methoxy groups -OCH3 is 1. The highest BCUT2D eigenvalue weighted by Crippen LogP contribution is 2.26. The van der Waals surface area contributed by atoms with Gasteiger partial charge in [0.1, 0.15) is 17.6 Å². The van der Waals surface area contributed by atoms with E-state index in [-0.39, 0.29) is 43.7 Å². The van der Waals surface area contributed by atoms with Gasteiger partial charge in [-0.2, -0.15) is 0 Å². The van der Waals surface area contributed by atoms with Gasteiger partial charge < -0.3 is 24.7 Å². The van der Waals surface area contributed by atoms with Crippen LogP contribution in [0.4, 0.5) is 5.82 Å². The van der Waals surface area contributed by atoms with Gasteiger partial charge in [-0.25, -0.2) is 4.98 Å². The van der Waals surface area contributed by atoms with Gasteiger partial charge in [-0.3, -0.25) is 14.4 Å². The molecule has 0 fully saturated rings. The first-order valence-electron chi connectivity index (χ1n) is 11.0. The number of carbonyl (C=O) groups excluding carboxylic acids is 3. The lowest BCUT2D eigenvalue weighted by Crippen LogP contribution is -2.44. The van der Waals surface area contributed by atoms with Gasteiger partial charge in [-0.1, -0.05) is 29.8 Å². The van der Waals surface area contributed by atoms with Gasteiger partial charge in [0.2, 0.25) is 17.7 Å². The molecule has 0 bridgehead atoms. The second-order valence-corrected chi connectivity index (χ2v) is 8.04. The minimum Gasteiger partial charge on any atom is -0.467 e. The zero-order valence-corrected chi connectivity index (χ0v) is 20.0. The van der Waals surface area contributed by atoms with Crippen LogP contribution < -0.4 is 10.6 Å². The number of anilines is 1. The molecule has 0 saturated heterocycles. The van der Waals surface area contributed by atoms with E-state index in [0.717, 1.165) is 0 Å². The fourth-order valence-corrected chi connectivity index (χ4v) is 3.52. The Hall–Kier alpha value is -3.69. The number of nitrogens with zero attached hydrogens (tertiary/aromatic N) is 2. The molecule has 0 aliphatic carbocycles. The summed E-state index contributed by atoms with van der Waals surface area (Å²) in [5.74, 6) is -0.238. The van der Waals surface area contributed by atoms with E-state index in [4.69, 9.17) is 20.8 Å². The van der Waals surface area contributed by atoms with Crippen molar-refractivity contribution in [3.8, 4) is 0 Å². The van der Waals surface area contributed by atoms with Crippen molar-refractivity contribution in [2.24, 2.45) is 0 Å². The number of furan rings is 1. The molecule has 0 unspecified atom stereocenters. The number of halogens is 1. The number of rotatable bonds is 12. The average Bonchev–Trinajstić information content (AvgIpc) is 3.37. The second-order valence-electron chi connectivity index (χ2n) is 7.60. The Kier molecular flexibility index (Phi) is 9.82. The van der Waals surface area contributed by atoms with Crippen LogP contribution in [0.1, 0.15) is 30.2 Å². The zero-order valence-electron chi connectivity index (χ0n) is 19.3. The second kappa shape index (κ2) is 13.3. The van der Waals surface area contributed by atoms with Crippen molar-refractivity contribution in [3.63, 3.8) is 0 Å². The normalized spacial score (nSPS) is 11.5. The summed E-state index contributed by atoms with van der Waals surface area (Å²) >= 11 is 6.04. The smallest absolute Gasteiger partial charge is 0.247 e. The molecule has 0 spiro atoms. The molecule has 3 aromatic rings. The Morgan fingerprint density at radius 1 is 1.09 bits per heavy atom. The van der Waals surface area contributed by atoms with Crippen molar-refractivity contribution in [2.75, 3.05) is 25.6 Å².